The number of para-hydroxylation sites is 2. The van der Waals surface area contributed by atoms with E-state index in [0.29, 0.717) is 0 Å². The van der Waals surface area contributed by atoms with Crippen LogP contribution in [0.3, 0.4) is 0 Å². The first kappa shape index (κ1) is 30.3. The van der Waals surface area contributed by atoms with E-state index in [4.69, 9.17) is 4.42 Å². The predicted octanol–water partition coefficient (Wildman–Crippen LogP) is 15.5. The molecular formula is C54H32O. The summed E-state index contributed by atoms with van der Waals surface area (Å²) in [4.78, 5) is 0. The number of hydrogen-bond acceptors (Lipinski definition) is 1. The molecule has 1 heteroatoms. The van der Waals surface area contributed by atoms with Crippen molar-refractivity contribution in [3.8, 4) is 44.5 Å². The van der Waals surface area contributed by atoms with E-state index in [9.17, 15) is 0 Å². The lowest BCUT2D eigenvalue weighted by Crippen LogP contribution is -1.93. The highest BCUT2D eigenvalue weighted by atomic mass is 16.3. The minimum atomic E-state index is 0.912. The molecule has 12 rings (SSSR count). The summed E-state index contributed by atoms with van der Waals surface area (Å²) in [7, 11) is 0. The number of rotatable bonds is 4. The zero-order chi connectivity index (χ0) is 36.0. The van der Waals surface area contributed by atoms with Gasteiger partial charge in [0, 0.05) is 16.3 Å². The smallest absolute Gasteiger partial charge is 0.143 e. The van der Waals surface area contributed by atoms with Gasteiger partial charge in [-0.05, 0) is 111 Å². The predicted molar refractivity (Wildman–Crippen MR) is 234 cm³/mol. The van der Waals surface area contributed by atoms with Crippen LogP contribution in [-0.4, -0.2) is 0 Å². The van der Waals surface area contributed by atoms with Crippen molar-refractivity contribution >= 4 is 75.8 Å². The summed E-state index contributed by atoms with van der Waals surface area (Å²) in [6.45, 7) is 0. The van der Waals surface area contributed by atoms with E-state index in [1.54, 1.807) is 0 Å². The minimum Gasteiger partial charge on any atom is -0.455 e. The standard InChI is InChI=1S/C54H32O/c1-3-17-38-33(11-1)13-8-21-41(38)43-27-25-35-26-28-47-50(42-22-9-14-34-12-2-4-18-39(34)42)32-49(46-30-29-45(43)52(35)53(46)47)37-16-7-15-36(31-37)40-20-10-23-48-44-19-5-6-24-51(44)55-54(40)48/h1-32H. The first-order valence-corrected chi connectivity index (χ1v) is 19.0. The minimum absolute atomic E-state index is 0.912. The summed E-state index contributed by atoms with van der Waals surface area (Å²) in [5.74, 6) is 0. The Morgan fingerprint density at radius 2 is 0.764 bits per heavy atom. The van der Waals surface area contributed by atoms with E-state index in [1.807, 2.05) is 6.07 Å². The summed E-state index contributed by atoms with van der Waals surface area (Å²) < 4.78 is 6.52. The van der Waals surface area contributed by atoms with Crippen molar-refractivity contribution in [3.63, 3.8) is 0 Å². The van der Waals surface area contributed by atoms with Gasteiger partial charge in [0.1, 0.15) is 11.2 Å². The molecule has 0 amide bonds. The Kier molecular flexibility index (Phi) is 6.40. The normalized spacial score (nSPS) is 12.0. The Bertz CT molecular complexity index is 3480. The largest absolute Gasteiger partial charge is 0.455 e. The van der Waals surface area contributed by atoms with E-state index >= 15 is 0 Å². The molecule has 0 aliphatic carbocycles. The van der Waals surface area contributed by atoms with Gasteiger partial charge in [0.15, 0.2) is 0 Å². The Labute approximate surface area is 317 Å². The molecule has 1 nitrogen and oxygen atoms in total. The van der Waals surface area contributed by atoms with E-state index in [2.05, 4.69) is 188 Å². The van der Waals surface area contributed by atoms with E-state index < -0.39 is 0 Å². The van der Waals surface area contributed by atoms with Crippen LogP contribution in [0, 0.1) is 0 Å². The summed E-state index contributed by atoms with van der Waals surface area (Å²) in [6.07, 6.45) is 0. The van der Waals surface area contributed by atoms with Crippen LogP contribution in [-0.2, 0) is 0 Å². The van der Waals surface area contributed by atoms with Gasteiger partial charge in [0.25, 0.3) is 0 Å². The molecule has 0 aliphatic rings. The fraction of sp³-hybridized carbons (Fsp3) is 0. The molecule has 0 unspecified atom stereocenters. The number of benzene rings is 11. The van der Waals surface area contributed by atoms with Crippen LogP contribution in [0.25, 0.3) is 120 Å². The van der Waals surface area contributed by atoms with Crippen molar-refractivity contribution in [2.24, 2.45) is 0 Å². The van der Waals surface area contributed by atoms with Crippen LogP contribution in [0.5, 0.6) is 0 Å². The third kappa shape index (κ3) is 4.48. The van der Waals surface area contributed by atoms with Crippen LogP contribution >= 0.6 is 0 Å². The van der Waals surface area contributed by atoms with Crippen molar-refractivity contribution in [2.45, 2.75) is 0 Å². The maximum atomic E-state index is 6.52. The third-order valence-corrected chi connectivity index (χ3v) is 11.8. The molecular weight excluding hydrogens is 665 g/mol. The number of furan rings is 1. The fourth-order valence-electron chi connectivity index (χ4n) is 9.34. The van der Waals surface area contributed by atoms with Gasteiger partial charge >= 0.3 is 0 Å². The van der Waals surface area contributed by atoms with Gasteiger partial charge in [0.05, 0.1) is 0 Å². The summed E-state index contributed by atoms with van der Waals surface area (Å²) >= 11 is 0. The molecule has 254 valence electrons. The zero-order valence-corrected chi connectivity index (χ0v) is 29.9. The van der Waals surface area contributed by atoms with E-state index in [1.165, 1.54) is 87.2 Å². The maximum absolute atomic E-state index is 6.52. The zero-order valence-electron chi connectivity index (χ0n) is 29.9. The highest BCUT2D eigenvalue weighted by molar-refractivity contribution is 6.31. The van der Waals surface area contributed by atoms with Gasteiger partial charge in [0.2, 0.25) is 0 Å². The molecule has 0 atom stereocenters. The van der Waals surface area contributed by atoms with Gasteiger partial charge < -0.3 is 4.42 Å². The topological polar surface area (TPSA) is 13.1 Å². The van der Waals surface area contributed by atoms with Gasteiger partial charge in [-0.1, -0.05) is 176 Å². The fourth-order valence-corrected chi connectivity index (χ4v) is 9.34. The second-order valence-electron chi connectivity index (χ2n) is 14.7. The third-order valence-electron chi connectivity index (χ3n) is 11.8. The monoisotopic (exact) mass is 696 g/mol. The molecule has 0 saturated carbocycles. The second kappa shape index (κ2) is 11.6. The SMILES string of the molecule is c1cc(-c2cc(-c3cccc4ccccc34)c3ccc4ccc(-c5cccc6ccccc56)c5ccc2c3c45)cc(-c2cccc3c2oc2ccccc23)c1. The molecule has 0 N–H and O–H groups in total. The van der Waals surface area contributed by atoms with Crippen LogP contribution in [0.1, 0.15) is 0 Å². The number of hydrogen-bond donors (Lipinski definition) is 0. The van der Waals surface area contributed by atoms with Crippen LogP contribution < -0.4 is 0 Å². The second-order valence-corrected chi connectivity index (χ2v) is 14.7. The number of fused-ring (bicyclic) bond motifs is 5. The quantitative estimate of drug-likeness (QED) is 0.167. The molecule has 11 aromatic carbocycles. The first-order chi connectivity index (χ1) is 27.3. The van der Waals surface area contributed by atoms with E-state index in [0.717, 1.165) is 33.1 Å². The summed E-state index contributed by atoms with van der Waals surface area (Å²) in [5, 5.41) is 15.0. The molecule has 55 heavy (non-hydrogen) atoms. The molecule has 0 radical (unpaired) electrons. The highest BCUT2D eigenvalue weighted by Gasteiger charge is 2.21. The van der Waals surface area contributed by atoms with Crippen LogP contribution in [0.15, 0.2) is 199 Å². The Hall–Kier alpha value is -7.22. The summed E-state index contributed by atoms with van der Waals surface area (Å²) in [6, 6.07) is 71.2. The lowest BCUT2D eigenvalue weighted by atomic mass is 9.83. The summed E-state index contributed by atoms with van der Waals surface area (Å²) in [5.41, 5.74) is 11.5. The molecule has 0 bridgehead atoms. The Balaban J connectivity index is 1.17. The van der Waals surface area contributed by atoms with Crippen molar-refractivity contribution in [1.29, 1.82) is 0 Å². The molecule has 1 aromatic heterocycles. The molecule has 12 aromatic rings. The van der Waals surface area contributed by atoms with Gasteiger partial charge in [-0.25, -0.2) is 0 Å². The van der Waals surface area contributed by atoms with Gasteiger partial charge in [-0.3, -0.25) is 0 Å². The first-order valence-electron chi connectivity index (χ1n) is 19.0. The van der Waals surface area contributed by atoms with Crippen LogP contribution in [0.2, 0.25) is 0 Å². The lowest BCUT2D eigenvalue weighted by molar-refractivity contribution is 0.670. The van der Waals surface area contributed by atoms with Crippen molar-refractivity contribution in [1.82, 2.24) is 0 Å². The van der Waals surface area contributed by atoms with Crippen molar-refractivity contribution < 1.29 is 4.42 Å². The molecule has 0 aliphatic heterocycles. The highest BCUT2D eigenvalue weighted by Crippen LogP contribution is 2.48. The molecule has 0 fully saturated rings. The van der Waals surface area contributed by atoms with Crippen LogP contribution in [0.4, 0.5) is 0 Å². The van der Waals surface area contributed by atoms with Gasteiger partial charge in [-0.2, -0.15) is 0 Å². The van der Waals surface area contributed by atoms with E-state index in [-0.39, 0.29) is 0 Å². The Morgan fingerprint density at radius 1 is 0.255 bits per heavy atom. The molecule has 0 spiro atoms. The Morgan fingerprint density at radius 3 is 1.55 bits per heavy atom. The molecule has 1 heterocycles. The lowest BCUT2D eigenvalue weighted by Gasteiger charge is -2.20. The molecule has 0 saturated heterocycles. The van der Waals surface area contributed by atoms with Crippen molar-refractivity contribution in [2.75, 3.05) is 0 Å². The van der Waals surface area contributed by atoms with Gasteiger partial charge in [-0.15, -0.1) is 0 Å². The average Bonchev–Trinajstić information content (AvgIpc) is 3.64. The maximum Gasteiger partial charge on any atom is 0.143 e. The van der Waals surface area contributed by atoms with Crippen molar-refractivity contribution in [3.05, 3.63) is 194 Å². The average molecular weight is 697 g/mol.